The van der Waals surface area contributed by atoms with E-state index in [2.05, 4.69) is 24.4 Å². The van der Waals surface area contributed by atoms with Crippen molar-refractivity contribution in [2.75, 3.05) is 5.32 Å². The Morgan fingerprint density at radius 2 is 1.79 bits per heavy atom. The highest BCUT2D eigenvalue weighted by atomic mass is 32.1. The van der Waals surface area contributed by atoms with E-state index < -0.39 is 17.8 Å². The quantitative estimate of drug-likeness (QED) is 0.616. The van der Waals surface area contributed by atoms with E-state index in [-0.39, 0.29) is 17.7 Å². The number of hydrogen-bond donors (Lipinski definition) is 2. The number of hydrogen-bond acceptors (Lipinski definition) is 4. The third-order valence-electron chi connectivity index (χ3n) is 5.99. The van der Waals surface area contributed by atoms with E-state index in [0.29, 0.717) is 5.69 Å². The summed E-state index contributed by atoms with van der Waals surface area (Å²) in [5, 5.41) is 13.4. The molecule has 5 rings (SSSR count). The summed E-state index contributed by atoms with van der Waals surface area (Å²) in [4.78, 5) is 29.1. The fraction of sp³-hybridized carbons (Fsp3) is 0.261. The van der Waals surface area contributed by atoms with Crippen LogP contribution < -0.4 is 5.32 Å². The van der Waals surface area contributed by atoms with Gasteiger partial charge in [-0.3, -0.25) is 9.59 Å². The number of aromatic nitrogens is 1. The molecule has 1 fully saturated rings. The largest absolute Gasteiger partial charge is 0.481 e. The van der Waals surface area contributed by atoms with Crippen molar-refractivity contribution < 1.29 is 14.7 Å². The number of benzene rings is 2. The van der Waals surface area contributed by atoms with E-state index in [1.807, 2.05) is 42.5 Å². The van der Waals surface area contributed by atoms with Crippen LogP contribution in [0.25, 0.3) is 20.8 Å². The number of carboxylic acids is 1. The SMILES string of the molecule is Cc1ccc2nc(-c3ccc(NC(=O)[C@H]4[C@@H](C(=O)O)[C@H]5C=C[C@H]4C5)cc3)sc2c1. The number of anilines is 1. The van der Waals surface area contributed by atoms with E-state index in [1.165, 1.54) is 5.56 Å². The second kappa shape index (κ2) is 6.81. The Labute approximate surface area is 172 Å². The molecule has 2 bridgehead atoms. The van der Waals surface area contributed by atoms with Crippen LogP contribution in [0.1, 0.15) is 12.0 Å². The number of thiazole rings is 1. The van der Waals surface area contributed by atoms with Gasteiger partial charge in [-0.1, -0.05) is 18.2 Å². The maximum Gasteiger partial charge on any atom is 0.307 e. The number of nitrogens with zero attached hydrogens (tertiary/aromatic N) is 1. The summed E-state index contributed by atoms with van der Waals surface area (Å²) in [5.74, 6) is -2.24. The third-order valence-corrected chi connectivity index (χ3v) is 7.06. The maximum absolute atomic E-state index is 12.8. The van der Waals surface area contributed by atoms with Crippen molar-refractivity contribution in [2.45, 2.75) is 13.3 Å². The van der Waals surface area contributed by atoms with Gasteiger partial charge in [0.1, 0.15) is 5.01 Å². The summed E-state index contributed by atoms with van der Waals surface area (Å²) in [6, 6.07) is 13.8. The van der Waals surface area contributed by atoms with Gasteiger partial charge < -0.3 is 10.4 Å². The molecule has 2 aliphatic rings. The van der Waals surface area contributed by atoms with Crippen molar-refractivity contribution in [1.29, 1.82) is 0 Å². The van der Waals surface area contributed by atoms with Gasteiger partial charge in [-0.2, -0.15) is 0 Å². The highest BCUT2D eigenvalue weighted by molar-refractivity contribution is 7.21. The number of nitrogens with one attached hydrogen (secondary N) is 1. The summed E-state index contributed by atoms with van der Waals surface area (Å²) in [6.45, 7) is 2.07. The molecule has 1 amide bonds. The molecule has 6 heteroatoms. The number of carbonyl (C=O) groups is 2. The molecule has 1 heterocycles. The number of allylic oxidation sites excluding steroid dienone is 2. The molecule has 0 saturated heterocycles. The van der Waals surface area contributed by atoms with E-state index >= 15 is 0 Å². The molecular weight excluding hydrogens is 384 g/mol. The summed E-state index contributed by atoms with van der Waals surface area (Å²) < 4.78 is 1.15. The van der Waals surface area contributed by atoms with Crippen LogP contribution in [-0.2, 0) is 9.59 Å². The first-order valence-corrected chi connectivity index (χ1v) is 10.5. The third kappa shape index (κ3) is 3.13. The zero-order valence-corrected chi connectivity index (χ0v) is 16.6. The molecule has 2 N–H and O–H groups in total. The van der Waals surface area contributed by atoms with Gasteiger partial charge in [0, 0.05) is 11.3 Å². The minimum Gasteiger partial charge on any atom is -0.481 e. The fourth-order valence-corrected chi connectivity index (χ4v) is 5.66. The minimum absolute atomic E-state index is 0.0200. The molecule has 29 heavy (non-hydrogen) atoms. The van der Waals surface area contributed by atoms with E-state index in [0.717, 1.165) is 27.2 Å². The highest BCUT2D eigenvalue weighted by Gasteiger charge is 2.51. The van der Waals surface area contributed by atoms with Gasteiger partial charge >= 0.3 is 5.97 Å². The van der Waals surface area contributed by atoms with Crippen LogP contribution in [0.3, 0.4) is 0 Å². The number of amides is 1. The Bertz CT molecular complexity index is 1150. The van der Waals surface area contributed by atoms with Gasteiger partial charge in [0.25, 0.3) is 0 Å². The van der Waals surface area contributed by atoms with Gasteiger partial charge in [0.2, 0.25) is 5.91 Å². The highest BCUT2D eigenvalue weighted by Crippen LogP contribution is 2.48. The molecule has 0 radical (unpaired) electrons. The van der Waals surface area contributed by atoms with Crippen molar-refractivity contribution in [3.8, 4) is 10.6 Å². The smallest absolute Gasteiger partial charge is 0.307 e. The first kappa shape index (κ1) is 18.1. The lowest BCUT2D eigenvalue weighted by molar-refractivity contribution is -0.146. The number of aryl methyl sites for hydroxylation is 1. The molecule has 3 aromatic rings. The van der Waals surface area contributed by atoms with Crippen molar-refractivity contribution in [1.82, 2.24) is 4.98 Å². The molecule has 5 nitrogen and oxygen atoms in total. The number of carboxylic acid groups (broad SMARTS) is 1. The van der Waals surface area contributed by atoms with Gasteiger partial charge in [-0.05, 0) is 67.1 Å². The van der Waals surface area contributed by atoms with Crippen LogP contribution in [-0.4, -0.2) is 22.0 Å². The van der Waals surface area contributed by atoms with Crippen LogP contribution in [0.2, 0.25) is 0 Å². The molecule has 2 aromatic carbocycles. The number of rotatable bonds is 4. The van der Waals surface area contributed by atoms with Gasteiger partial charge in [-0.15, -0.1) is 11.3 Å². The lowest BCUT2D eigenvalue weighted by Crippen LogP contribution is -2.36. The Kier molecular flexibility index (Phi) is 4.24. The van der Waals surface area contributed by atoms with Gasteiger partial charge in [-0.25, -0.2) is 4.98 Å². The van der Waals surface area contributed by atoms with E-state index in [4.69, 9.17) is 4.98 Å². The Balaban J connectivity index is 1.34. The average molecular weight is 404 g/mol. The summed E-state index contributed by atoms with van der Waals surface area (Å²) in [7, 11) is 0. The molecule has 0 aliphatic heterocycles. The average Bonchev–Trinajstić information content (AvgIpc) is 3.42. The fourth-order valence-electron chi connectivity index (χ4n) is 4.59. The van der Waals surface area contributed by atoms with Gasteiger partial charge in [0.15, 0.2) is 0 Å². The zero-order chi connectivity index (χ0) is 20.1. The summed E-state index contributed by atoms with van der Waals surface area (Å²) in [5.41, 5.74) is 3.86. The monoisotopic (exact) mass is 404 g/mol. The Hall–Kier alpha value is -2.99. The van der Waals surface area contributed by atoms with Gasteiger partial charge in [0.05, 0.1) is 22.1 Å². The number of fused-ring (bicyclic) bond motifs is 3. The van der Waals surface area contributed by atoms with E-state index in [9.17, 15) is 14.7 Å². The second-order valence-electron chi connectivity index (χ2n) is 7.89. The minimum atomic E-state index is -0.886. The topological polar surface area (TPSA) is 79.3 Å². The normalized spacial score (nSPS) is 24.9. The lowest BCUT2D eigenvalue weighted by atomic mass is 9.82. The first-order valence-electron chi connectivity index (χ1n) is 9.69. The van der Waals surface area contributed by atoms with Crippen molar-refractivity contribution in [3.05, 3.63) is 60.2 Å². The van der Waals surface area contributed by atoms with Crippen molar-refractivity contribution >= 4 is 39.1 Å². The second-order valence-corrected chi connectivity index (χ2v) is 8.93. The molecule has 4 atom stereocenters. The molecule has 1 saturated carbocycles. The standard InChI is InChI=1S/C23H20N2O3S/c1-12-2-9-17-18(10-12)29-22(25-17)13-5-7-16(8-6-13)24-21(26)19-14-3-4-15(11-14)20(19)23(27)28/h2-10,14-15,19-20H,11H2,1H3,(H,24,26)(H,27,28)/t14-,15-,19+,20-/m0/s1. The van der Waals surface area contributed by atoms with Crippen LogP contribution in [0, 0.1) is 30.6 Å². The van der Waals surface area contributed by atoms with Crippen LogP contribution in [0.4, 0.5) is 5.69 Å². The predicted octanol–water partition coefficient (Wildman–Crippen LogP) is 4.73. The number of aliphatic carboxylic acids is 1. The van der Waals surface area contributed by atoms with Crippen molar-refractivity contribution in [2.24, 2.45) is 23.7 Å². The van der Waals surface area contributed by atoms with Crippen molar-refractivity contribution in [3.63, 3.8) is 0 Å². The molecule has 2 aliphatic carbocycles. The Morgan fingerprint density at radius 3 is 2.52 bits per heavy atom. The first-order chi connectivity index (χ1) is 14.0. The molecule has 146 valence electrons. The van der Waals surface area contributed by atoms with Crippen LogP contribution >= 0.6 is 11.3 Å². The predicted molar refractivity (Wildman–Crippen MR) is 114 cm³/mol. The zero-order valence-electron chi connectivity index (χ0n) is 15.8. The molecule has 0 unspecified atom stereocenters. The summed E-state index contributed by atoms with van der Waals surface area (Å²) in [6.07, 6.45) is 4.69. The van der Waals surface area contributed by atoms with Crippen LogP contribution in [0.15, 0.2) is 54.6 Å². The maximum atomic E-state index is 12.8. The lowest BCUT2D eigenvalue weighted by Gasteiger charge is -2.23. The summed E-state index contributed by atoms with van der Waals surface area (Å²) >= 11 is 1.64. The molecular formula is C23H20N2O3S. The molecule has 1 aromatic heterocycles. The number of carbonyl (C=O) groups excluding carboxylic acids is 1. The van der Waals surface area contributed by atoms with Crippen LogP contribution in [0.5, 0.6) is 0 Å². The van der Waals surface area contributed by atoms with E-state index in [1.54, 1.807) is 11.3 Å². The molecule has 0 spiro atoms. The Morgan fingerprint density at radius 1 is 1.07 bits per heavy atom.